The minimum Gasteiger partial charge on any atom is -0.488 e. The molecule has 3 nitrogen and oxygen atoms in total. The molecular weight excluding hydrogens is 305 g/mol. The molecule has 0 fully saturated rings. The van der Waals surface area contributed by atoms with Gasteiger partial charge in [0.05, 0.1) is 6.10 Å². The van der Waals surface area contributed by atoms with Crippen molar-refractivity contribution >= 4 is 12.4 Å². The molecule has 0 bridgehead atoms. The van der Waals surface area contributed by atoms with E-state index in [-0.39, 0.29) is 24.8 Å². The summed E-state index contributed by atoms with van der Waals surface area (Å²) in [5.41, 5.74) is 1.51. The van der Waals surface area contributed by atoms with Crippen molar-refractivity contribution in [2.45, 2.75) is 26.2 Å². The van der Waals surface area contributed by atoms with Crippen LogP contribution in [-0.2, 0) is 13.2 Å². The highest BCUT2D eigenvalue weighted by atomic mass is 35.5. The quantitative estimate of drug-likeness (QED) is 0.820. The molecule has 0 heterocycles. The van der Waals surface area contributed by atoms with Gasteiger partial charge in [-0.2, -0.15) is 0 Å². The first-order valence-electron chi connectivity index (χ1n) is 6.99. The van der Waals surface area contributed by atoms with Gasteiger partial charge >= 0.3 is 0 Å². The maximum atomic E-state index is 13.6. The lowest BCUT2D eigenvalue weighted by molar-refractivity contribution is 0.190. The molecule has 0 spiro atoms. The zero-order valence-corrected chi connectivity index (χ0v) is 13.3. The van der Waals surface area contributed by atoms with E-state index in [0.717, 1.165) is 11.3 Å². The van der Waals surface area contributed by atoms with Crippen molar-refractivity contribution in [3.05, 3.63) is 65.5 Å². The van der Waals surface area contributed by atoms with Crippen LogP contribution in [0.15, 0.2) is 48.5 Å². The second-order valence-corrected chi connectivity index (χ2v) is 4.97. The van der Waals surface area contributed by atoms with Crippen molar-refractivity contribution in [3.63, 3.8) is 0 Å². The number of ether oxygens (including phenoxy) is 1. The molecule has 0 radical (unpaired) electrons. The van der Waals surface area contributed by atoms with E-state index in [1.54, 1.807) is 25.1 Å². The molecule has 0 aliphatic carbocycles. The van der Waals surface area contributed by atoms with E-state index >= 15 is 0 Å². The van der Waals surface area contributed by atoms with Gasteiger partial charge in [0, 0.05) is 24.2 Å². The second kappa shape index (κ2) is 9.41. The molecule has 22 heavy (non-hydrogen) atoms. The molecule has 2 aromatic rings. The van der Waals surface area contributed by atoms with Gasteiger partial charge < -0.3 is 15.2 Å². The van der Waals surface area contributed by atoms with Gasteiger partial charge in [-0.15, -0.1) is 12.4 Å². The van der Waals surface area contributed by atoms with Crippen molar-refractivity contribution < 1.29 is 14.2 Å². The van der Waals surface area contributed by atoms with Gasteiger partial charge in [0.1, 0.15) is 18.2 Å². The average molecular weight is 326 g/mol. The molecule has 0 aromatic heterocycles. The van der Waals surface area contributed by atoms with Gasteiger partial charge in [0.2, 0.25) is 0 Å². The van der Waals surface area contributed by atoms with Gasteiger partial charge in [-0.1, -0.05) is 36.4 Å². The Morgan fingerprint density at radius 3 is 2.41 bits per heavy atom. The van der Waals surface area contributed by atoms with Crippen LogP contribution in [0.2, 0.25) is 0 Å². The Morgan fingerprint density at radius 2 is 1.73 bits per heavy atom. The van der Waals surface area contributed by atoms with Crippen LogP contribution in [0.3, 0.4) is 0 Å². The highest BCUT2D eigenvalue weighted by Gasteiger charge is 2.06. The van der Waals surface area contributed by atoms with Crippen molar-refractivity contribution in [1.82, 2.24) is 5.32 Å². The molecular formula is C17H21ClFNO2. The molecule has 5 heteroatoms. The number of para-hydroxylation sites is 1. The van der Waals surface area contributed by atoms with Crippen LogP contribution in [0.25, 0.3) is 0 Å². The van der Waals surface area contributed by atoms with Crippen molar-refractivity contribution in [1.29, 1.82) is 0 Å². The van der Waals surface area contributed by atoms with Crippen LogP contribution in [-0.4, -0.2) is 17.8 Å². The summed E-state index contributed by atoms with van der Waals surface area (Å²) in [5.74, 6) is 0.459. The third-order valence-corrected chi connectivity index (χ3v) is 3.07. The van der Waals surface area contributed by atoms with Crippen LogP contribution >= 0.6 is 12.4 Å². The number of hydrogen-bond acceptors (Lipinski definition) is 3. The van der Waals surface area contributed by atoms with E-state index < -0.39 is 6.10 Å². The fraction of sp³-hybridized carbons (Fsp3) is 0.294. The molecule has 2 N–H and O–H groups in total. The zero-order chi connectivity index (χ0) is 15.1. The Bertz CT molecular complexity index is 578. The highest BCUT2D eigenvalue weighted by Crippen LogP contribution is 2.20. The van der Waals surface area contributed by atoms with Gasteiger partial charge in [-0.05, 0) is 19.1 Å². The fourth-order valence-electron chi connectivity index (χ4n) is 1.98. The summed E-state index contributed by atoms with van der Waals surface area (Å²) in [6.45, 7) is 3.04. The molecule has 1 unspecified atom stereocenters. The average Bonchev–Trinajstić information content (AvgIpc) is 2.47. The fourth-order valence-corrected chi connectivity index (χ4v) is 1.98. The molecule has 0 amide bonds. The lowest BCUT2D eigenvalue weighted by Gasteiger charge is -2.13. The standard InChI is InChI=1S/C17H20FNO2.ClH/c1-13(20)10-19-11-14-6-3-5-9-17(14)21-12-15-7-2-4-8-16(15)18;/h2-9,13,19-20H,10-12H2,1H3;1H. The number of nitrogens with one attached hydrogen (secondary N) is 1. The largest absolute Gasteiger partial charge is 0.488 e. The summed E-state index contributed by atoms with van der Waals surface area (Å²) in [6.07, 6.45) is -0.392. The van der Waals surface area contributed by atoms with E-state index in [4.69, 9.17) is 4.74 Å². The Balaban J connectivity index is 0.00000242. The molecule has 2 rings (SSSR count). The van der Waals surface area contributed by atoms with Crippen LogP contribution in [0, 0.1) is 5.82 Å². The van der Waals surface area contributed by atoms with Crippen LogP contribution in [0.5, 0.6) is 5.75 Å². The molecule has 0 saturated carbocycles. The number of aliphatic hydroxyl groups excluding tert-OH is 1. The first kappa shape index (κ1) is 18.4. The molecule has 1 atom stereocenters. The number of hydrogen-bond donors (Lipinski definition) is 2. The summed E-state index contributed by atoms with van der Waals surface area (Å²) >= 11 is 0. The van der Waals surface area contributed by atoms with E-state index in [1.165, 1.54) is 6.07 Å². The predicted octanol–water partition coefficient (Wildman–Crippen LogP) is 3.30. The minimum absolute atomic E-state index is 0. The number of halogens is 2. The van der Waals surface area contributed by atoms with Crippen LogP contribution < -0.4 is 10.1 Å². The molecule has 2 aromatic carbocycles. The first-order valence-corrected chi connectivity index (χ1v) is 6.99. The van der Waals surface area contributed by atoms with Crippen molar-refractivity contribution in [3.8, 4) is 5.75 Å². The molecule has 0 aliphatic heterocycles. The summed E-state index contributed by atoms with van der Waals surface area (Å²) in [5, 5.41) is 12.4. The zero-order valence-electron chi connectivity index (χ0n) is 12.5. The predicted molar refractivity (Wildman–Crippen MR) is 87.8 cm³/mol. The molecule has 120 valence electrons. The normalized spacial score (nSPS) is 11.6. The highest BCUT2D eigenvalue weighted by molar-refractivity contribution is 5.85. The minimum atomic E-state index is -0.392. The van der Waals surface area contributed by atoms with Crippen LogP contribution in [0.1, 0.15) is 18.1 Å². The van der Waals surface area contributed by atoms with Crippen molar-refractivity contribution in [2.75, 3.05) is 6.54 Å². The number of benzene rings is 2. The SMILES string of the molecule is CC(O)CNCc1ccccc1OCc1ccccc1F.Cl. The Kier molecular flexibility index (Phi) is 7.88. The third-order valence-electron chi connectivity index (χ3n) is 3.07. The summed E-state index contributed by atoms with van der Waals surface area (Å²) in [4.78, 5) is 0. The Labute approximate surface area is 136 Å². The Hall–Kier alpha value is -1.62. The monoisotopic (exact) mass is 325 g/mol. The van der Waals surface area contributed by atoms with E-state index in [0.29, 0.717) is 18.7 Å². The van der Waals surface area contributed by atoms with E-state index in [1.807, 2.05) is 24.3 Å². The maximum Gasteiger partial charge on any atom is 0.129 e. The van der Waals surface area contributed by atoms with Crippen molar-refractivity contribution in [2.24, 2.45) is 0 Å². The Morgan fingerprint density at radius 1 is 1.09 bits per heavy atom. The number of rotatable bonds is 7. The van der Waals surface area contributed by atoms with Crippen LogP contribution in [0.4, 0.5) is 4.39 Å². The summed E-state index contributed by atoms with van der Waals surface area (Å²) in [6, 6.07) is 14.2. The first-order chi connectivity index (χ1) is 10.2. The maximum absolute atomic E-state index is 13.6. The molecule has 0 aliphatic rings. The van der Waals surface area contributed by atoms with Gasteiger partial charge in [0.25, 0.3) is 0 Å². The second-order valence-electron chi connectivity index (χ2n) is 4.97. The smallest absolute Gasteiger partial charge is 0.129 e. The lowest BCUT2D eigenvalue weighted by Crippen LogP contribution is -2.24. The van der Waals surface area contributed by atoms with E-state index in [2.05, 4.69) is 5.32 Å². The molecule has 0 saturated heterocycles. The van der Waals surface area contributed by atoms with Gasteiger partial charge in [0.15, 0.2) is 0 Å². The lowest BCUT2D eigenvalue weighted by atomic mass is 10.2. The van der Waals surface area contributed by atoms with Gasteiger partial charge in [-0.3, -0.25) is 0 Å². The summed E-state index contributed by atoms with van der Waals surface area (Å²) in [7, 11) is 0. The number of aliphatic hydroxyl groups is 1. The van der Waals surface area contributed by atoms with Gasteiger partial charge in [-0.25, -0.2) is 4.39 Å². The van der Waals surface area contributed by atoms with E-state index in [9.17, 15) is 9.50 Å². The summed E-state index contributed by atoms with van der Waals surface area (Å²) < 4.78 is 19.3. The third kappa shape index (κ3) is 5.64. The topological polar surface area (TPSA) is 41.5 Å².